The van der Waals surface area contributed by atoms with Crippen LogP contribution in [0.2, 0.25) is 0 Å². The third-order valence-corrected chi connectivity index (χ3v) is 5.71. The number of nitrogens with one attached hydrogen (secondary N) is 1. The van der Waals surface area contributed by atoms with Crippen LogP contribution in [0.5, 0.6) is 0 Å². The van der Waals surface area contributed by atoms with Gasteiger partial charge in [-0.05, 0) is 53.8 Å². The standard InChI is InChI=1S/C24H22FN3.ClH/c1-16-21(14-17-5-4-8-20(25)13-17)23-22(27-16)9-11-26-24(23)28-12-10-18-6-2-3-7-19(18)15-28;/h2-9,11,13,27H,10,12,14-15H2,1H3;1H. The van der Waals surface area contributed by atoms with Crippen molar-refractivity contribution < 1.29 is 4.39 Å². The molecule has 2 aromatic carbocycles. The SMILES string of the molecule is Cc1[nH]c2ccnc(N3CCc4ccccc4C3)c2c1Cc1cccc(F)c1.Cl. The van der Waals surface area contributed by atoms with Crippen LogP contribution in [0.15, 0.2) is 60.8 Å². The smallest absolute Gasteiger partial charge is 0.138 e. The van der Waals surface area contributed by atoms with Crippen LogP contribution in [0.4, 0.5) is 10.2 Å². The molecule has 1 N–H and O–H groups in total. The fourth-order valence-electron chi connectivity index (χ4n) is 4.31. The molecule has 148 valence electrons. The summed E-state index contributed by atoms with van der Waals surface area (Å²) in [6.07, 6.45) is 3.59. The molecule has 0 atom stereocenters. The Bertz CT molecular complexity index is 1170. The number of nitrogens with zero attached hydrogens (tertiary/aromatic N) is 2. The zero-order valence-corrected chi connectivity index (χ0v) is 17.1. The van der Waals surface area contributed by atoms with E-state index in [1.165, 1.54) is 22.8 Å². The molecule has 3 heterocycles. The van der Waals surface area contributed by atoms with Crippen LogP contribution in [-0.4, -0.2) is 16.5 Å². The second-order valence-corrected chi connectivity index (χ2v) is 7.53. The van der Waals surface area contributed by atoms with Gasteiger partial charge in [0.2, 0.25) is 0 Å². The van der Waals surface area contributed by atoms with Crippen LogP contribution in [0.1, 0.15) is 27.9 Å². The predicted octanol–water partition coefficient (Wildman–Crippen LogP) is 5.59. The van der Waals surface area contributed by atoms with Crippen molar-refractivity contribution in [1.29, 1.82) is 0 Å². The molecule has 0 unspecified atom stereocenters. The van der Waals surface area contributed by atoms with Crippen LogP contribution in [0.25, 0.3) is 10.9 Å². The molecule has 5 rings (SSSR count). The Morgan fingerprint density at radius 3 is 2.72 bits per heavy atom. The molecular formula is C24H23ClFN3. The van der Waals surface area contributed by atoms with Gasteiger partial charge < -0.3 is 9.88 Å². The highest BCUT2D eigenvalue weighted by molar-refractivity contribution is 5.94. The molecule has 0 amide bonds. The second-order valence-electron chi connectivity index (χ2n) is 7.53. The summed E-state index contributed by atoms with van der Waals surface area (Å²) in [6.45, 7) is 3.91. The summed E-state index contributed by atoms with van der Waals surface area (Å²) in [5, 5.41) is 1.16. The van der Waals surface area contributed by atoms with Crippen LogP contribution in [0.3, 0.4) is 0 Å². The number of anilines is 1. The molecular weight excluding hydrogens is 385 g/mol. The molecule has 1 aliphatic heterocycles. The van der Waals surface area contributed by atoms with E-state index in [1.807, 2.05) is 18.3 Å². The monoisotopic (exact) mass is 407 g/mol. The average Bonchev–Trinajstić information content (AvgIpc) is 3.03. The maximum absolute atomic E-state index is 13.7. The summed E-state index contributed by atoms with van der Waals surface area (Å²) in [6, 6.07) is 17.5. The van der Waals surface area contributed by atoms with E-state index in [9.17, 15) is 4.39 Å². The van der Waals surface area contributed by atoms with Crippen molar-refractivity contribution in [3.05, 3.63) is 94.6 Å². The first-order valence-corrected chi connectivity index (χ1v) is 9.71. The van der Waals surface area contributed by atoms with Crippen molar-refractivity contribution in [3.63, 3.8) is 0 Å². The van der Waals surface area contributed by atoms with Gasteiger partial charge in [0.1, 0.15) is 11.6 Å². The van der Waals surface area contributed by atoms with Gasteiger partial charge in [0, 0.05) is 36.8 Å². The molecule has 0 bridgehead atoms. The largest absolute Gasteiger partial charge is 0.358 e. The van der Waals surface area contributed by atoms with Gasteiger partial charge in [-0.15, -0.1) is 12.4 Å². The normalized spacial score (nSPS) is 13.2. The number of pyridine rings is 1. The van der Waals surface area contributed by atoms with Gasteiger partial charge in [-0.25, -0.2) is 9.37 Å². The molecule has 1 aliphatic rings. The van der Waals surface area contributed by atoms with Gasteiger partial charge >= 0.3 is 0 Å². The first-order chi connectivity index (χ1) is 13.7. The highest BCUT2D eigenvalue weighted by Crippen LogP contribution is 2.34. The molecule has 0 radical (unpaired) electrons. The van der Waals surface area contributed by atoms with E-state index < -0.39 is 0 Å². The van der Waals surface area contributed by atoms with Gasteiger partial charge in [0.15, 0.2) is 0 Å². The Kier molecular flexibility index (Phi) is 5.29. The van der Waals surface area contributed by atoms with Crippen molar-refractivity contribution >= 4 is 29.1 Å². The third kappa shape index (κ3) is 3.60. The lowest BCUT2D eigenvalue weighted by Gasteiger charge is -2.30. The number of halogens is 2. The summed E-state index contributed by atoms with van der Waals surface area (Å²) < 4.78 is 13.7. The lowest BCUT2D eigenvalue weighted by Crippen LogP contribution is -2.31. The van der Waals surface area contributed by atoms with E-state index in [0.29, 0.717) is 6.42 Å². The zero-order chi connectivity index (χ0) is 19.1. The highest BCUT2D eigenvalue weighted by atomic mass is 35.5. The van der Waals surface area contributed by atoms with Gasteiger partial charge in [-0.1, -0.05) is 36.4 Å². The number of aryl methyl sites for hydroxylation is 1. The van der Waals surface area contributed by atoms with Gasteiger partial charge in [0.25, 0.3) is 0 Å². The molecule has 3 nitrogen and oxygen atoms in total. The Balaban J connectivity index is 0.00000205. The molecule has 5 heteroatoms. The minimum atomic E-state index is -0.194. The second kappa shape index (κ2) is 7.88. The summed E-state index contributed by atoms with van der Waals surface area (Å²) in [5.74, 6) is 0.823. The topological polar surface area (TPSA) is 31.9 Å². The van der Waals surface area contributed by atoms with E-state index in [-0.39, 0.29) is 18.2 Å². The fourth-order valence-corrected chi connectivity index (χ4v) is 4.31. The number of rotatable bonds is 3. The lowest BCUT2D eigenvalue weighted by atomic mass is 9.98. The molecule has 29 heavy (non-hydrogen) atoms. The molecule has 0 spiro atoms. The molecule has 0 aliphatic carbocycles. The first-order valence-electron chi connectivity index (χ1n) is 9.71. The molecule has 2 aromatic heterocycles. The van der Waals surface area contributed by atoms with Crippen LogP contribution in [0, 0.1) is 12.7 Å². The number of fused-ring (bicyclic) bond motifs is 2. The Morgan fingerprint density at radius 1 is 1.07 bits per heavy atom. The summed E-state index contributed by atoms with van der Waals surface area (Å²) in [7, 11) is 0. The maximum Gasteiger partial charge on any atom is 0.138 e. The maximum atomic E-state index is 13.7. The fraction of sp³-hybridized carbons (Fsp3) is 0.208. The van der Waals surface area contributed by atoms with Crippen LogP contribution < -0.4 is 4.90 Å². The zero-order valence-electron chi connectivity index (χ0n) is 16.3. The first kappa shape index (κ1) is 19.5. The predicted molar refractivity (Wildman–Crippen MR) is 118 cm³/mol. The summed E-state index contributed by atoms with van der Waals surface area (Å²) >= 11 is 0. The van der Waals surface area contributed by atoms with E-state index >= 15 is 0 Å². The number of benzene rings is 2. The minimum absolute atomic E-state index is 0. The number of hydrogen-bond acceptors (Lipinski definition) is 2. The number of hydrogen-bond donors (Lipinski definition) is 1. The Morgan fingerprint density at radius 2 is 1.90 bits per heavy atom. The number of aromatic amines is 1. The van der Waals surface area contributed by atoms with E-state index in [2.05, 4.69) is 41.1 Å². The Labute approximate surface area is 176 Å². The van der Waals surface area contributed by atoms with Gasteiger partial charge in [-0.3, -0.25) is 0 Å². The van der Waals surface area contributed by atoms with Crippen molar-refractivity contribution in [1.82, 2.24) is 9.97 Å². The number of H-pyrrole nitrogens is 1. The van der Waals surface area contributed by atoms with Crippen molar-refractivity contribution in [3.8, 4) is 0 Å². The van der Waals surface area contributed by atoms with E-state index in [0.717, 1.165) is 47.5 Å². The van der Waals surface area contributed by atoms with Crippen molar-refractivity contribution in [2.45, 2.75) is 26.3 Å². The molecule has 0 saturated heterocycles. The van der Waals surface area contributed by atoms with E-state index in [1.54, 1.807) is 12.1 Å². The third-order valence-electron chi connectivity index (χ3n) is 5.71. The Hall–Kier alpha value is -2.85. The molecule has 0 fully saturated rings. The lowest BCUT2D eigenvalue weighted by molar-refractivity contribution is 0.626. The molecule has 0 saturated carbocycles. The number of aromatic nitrogens is 2. The van der Waals surface area contributed by atoms with Gasteiger partial charge in [-0.2, -0.15) is 0 Å². The van der Waals surface area contributed by atoms with Crippen LogP contribution >= 0.6 is 12.4 Å². The van der Waals surface area contributed by atoms with Crippen molar-refractivity contribution in [2.24, 2.45) is 0 Å². The van der Waals surface area contributed by atoms with Gasteiger partial charge in [0.05, 0.1) is 5.52 Å². The molecule has 4 aromatic rings. The van der Waals surface area contributed by atoms with E-state index in [4.69, 9.17) is 4.98 Å². The summed E-state index contributed by atoms with van der Waals surface area (Å²) in [5.41, 5.74) is 7.17. The average molecular weight is 408 g/mol. The van der Waals surface area contributed by atoms with Crippen LogP contribution in [-0.2, 0) is 19.4 Å². The highest BCUT2D eigenvalue weighted by Gasteiger charge is 2.22. The minimum Gasteiger partial charge on any atom is -0.358 e. The van der Waals surface area contributed by atoms with Crippen molar-refractivity contribution in [2.75, 3.05) is 11.4 Å². The quantitative estimate of drug-likeness (QED) is 0.480. The summed E-state index contributed by atoms with van der Waals surface area (Å²) in [4.78, 5) is 10.6.